The summed E-state index contributed by atoms with van der Waals surface area (Å²) in [7, 11) is 0. The third kappa shape index (κ3) is 5.52. The van der Waals surface area contributed by atoms with Crippen LogP contribution in [0.3, 0.4) is 0 Å². The molecule has 0 aromatic carbocycles. The van der Waals surface area contributed by atoms with Crippen molar-refractivity contribution in [2.45, 2.75) is 83.6 Å². The highest BCUT2D eigenvalue weighted by molar-refractivity contribution is 7.80. The number of unbranched alkanes of at least 4 members (excludes halogenated alkanes) is 3. The molecule has 0 spiro atoms. The van der Waals surface area contributed by atoms with Gasteiger partial charge < -0.3 is 11.1 Å². The summed E-state index contributed by atoms with van der Waals surface area (Å²) in [6, 6.07) is 0.218. The highest BCUT2D eigenvalue weighted by atomic mass is 32.1. The third-order valence-corrected chi connectivity index (χ3v) is 6.85. The molecule has 4 aliphatic rings. The first kappa shape index (κ1) is 21.2. The number of carbonyl (C=O) groups excluding carboxylic acids is 2. The normalized spacial score (nSPS) is 30.9. The van der Waals surface area contributed by atoms with E-state index in [1.807, 2.05) is 0 Å². The van der Waals surface area contributed by atoms with Crippen LogP contribution in [0.2, 0.25) is 0 Å². The molecule has 0 aromatic rings. The van der Waals surface area contributed by atoms with Crippen molar-refractivity contribution in [2.75, 3.05) is 0 Å². The molecule has 28 heavy (non-hydrogen) atoms. The number of hydrogen-bond acceptors (Lipinski definition) is 4. The van der Waals surface area contributed by atoms with Gasteiger partial charge in [-0.25, -0.2) is 0 Å². The van der Waals surface area contributed by atoms with Crippen LogP contribution in [0.1, 0.15) is 77.6 Å². The van der Waals surface area contributed by atoms with Gasteiger partial charge >= 0.3 is 0 Å². The van der Waals surface area contributed by atoms with Crippen LogP contribution < -0.4 is 16.5 Å². The van der Waals surface area contributed by atoms with Crippen molar-refractivity contribution in [3.63, 3.8) is 0 Å². The van der Waals surface area contributed by atoms with Crippen LogP contribution in [0.4, 0.5) is 0 Å². The van der Waals surface area contributed by atoms with Crippen LogP contribution in [0.25, 0.3) is 0 Å². The molecule has 4 fully saturated rings. The van der Waals surface area contributed by atoms with Crippen molar-refractivity contribution in [2.24, 2.45) is 34.5 Å². The number of rotatable bonds is 10. The Morgan fingerprint density at radius 3 is 2.25 bits per heavy atom. The molecule has 4 rings (SSSR count). The van der Waals surface area contributed by atoms with Gasteiger partial charge in [0.25, 0.3) is 5.91 Å². The SMILES string of the molecule is CCCCCCC(=O)C/C(=N/NC(N)=S)C(=O)NC1C2CC3CC(C2)CC1C3. The van der Waals surface area contributed by atoms with Crippen LogP contribution in [0, 0.1) is 23.7 Å². The molecule has 0 radical (unpaired) electrons. The quantitative estimate of drug-likeness (QED) is 0.224. The van der Waals surface area contributed by atoms with Gasteiger partial charge in [-0.05, 0) is 74.4 Å². The minimum atomic E-state index is -0.247. The summed E-state index contributed by atoms with van der Waals surface area (Å²) in [5.41, 5.74) is 8.15. The molecule has 4 saturated carbocycles. The molecule has 0 aromatic heterocycles. The first-order valence-corrected chi connectivity index (χ1v) is 11.3. The molecule has 6 nitrogen and oxygen atoms in total. The van der Waals surface area contributed by atoms with Crippen molar-refractivity contribution >= 4 is 34.7 Å². The van der Waals surface area contributed by atoms with Crippen molar-refractivity contribution in [3.8, 4) is 0 Å². The predicted octanol–water partition coefficient (Wildman–Crippen LogP) is 3.05. The zero-order valence-corrected chi connectivity index (χ0v) is 17.7. The molecule has 0 unspecified atom stereocenters. The molecule has 0 atom stereocenters. The lowest BCUT2D eigenvalue weighted by molar-refractivity contribution is -0.121. The van der Waals surface area contributed by atoms with Gasteiger partial charge in [-0.2, -0.15) is 5.10 Å². The fourth-order valence-electron chi connectivity index (χ4n) is 5.71. The van der Waals surface area contributed by atoms with Crippen LogP contribution >= 0.6 is 12.2 Å². The molecular weight excluding hydrogens is 372 g/mol. The van der Waals surface area contributed by atoms with Gasteiger partial charge in [-0.15, -0.1) is 0 Å². The standard InChI is InChI=1S/C21H34N4O2S/c1-2-3-4-5-6-17(26)12-18(24-25-21(22)28)20(27)23-19-15-8-13-7-14(10-15)11-16(19)9-13/h13-16,19H,2-12H2,1H3,(H,23,27)(H3,22,25,28)/b24-18-. The lowest BCUT2D eigenvalue weighted by atomic mass is 9.54. The second-order valence-corrected chi connectivity index (χ2v) is 9.43. The number of hydrazone groups is 1. The van der Waals surface area contributed by atoms with Crippen molar-refractivity contribution in [3.05, 3.63) is 0 Å². The minimum absolute atomic E-state index is 0.00433. The smallest absolute Gasteiger partial charge is 0.268 e. The molecule has 4 aliphatic carbocycles. The molecular formula is C21H34N4O2S. The number of amides is 1. The van der Waals surface area contributed by atoms with Gasteiger partial charge in [-0.1, -0.05) is 26.2 Å². The van der Waals surface area contributed by atoms with Gasteiger partial charge in [0, 0.05) is 12.5 Å². The van der Waals surface area contributed by atoms with Gasteiger partial charge in [-0.3, -0.25) is 15.0 Å². The molecule has 0 saturated heterocycles. The van der Waals surface area contributed by atoms with Crippen LogP contribution in [0.15, 0.2) is 5.10 Å². The lowest BCUT2D eigenvalue weighted by Crippen LogP contribution is -2.57. The molecule has 4 N–H and O–H groups in total. The monoisotopic (exact) mass is 406 g/mol. The van der Waals surface area contributed by atoms with Gasteiger partial charge in [0.05, 0.1) is 6.42 Å². The fraction of sp³-hybridized carbons (Fsp3) is 0.810. The van der Waals surface area contributed by atoms with E-state index < -0.39 is 0 Å². The summed E-state index contributed by atoms with van der Waals surface area (Å²) in [4.78, 5) is 25.3. The number of thiocarbonyl (C=S) groups is 1. The van der Waals surface area contributed by atoms with Gasteiger partial charge in [0.15, 0.2) is 5.11 Å². The number of hydrogen-bond donors (Lipinski definition) is 3. The Hall–Kier alpha value is -1.50. The molecule has 1 amide bonds. The van der Waals surface area contributed by atoms with E-state index in [0.29, 0.717) is 18.3 Å². The largest absolute Gasteiger partial charge is 0.375 e. The topological polar surface area (TPSA) is 96.6 Å². The highest BCUT2D eigenvalue weighted by Gasteiger charge is 2.48. The Kier molecular flexibility index (Phi) is 7.43. The van der Waals surface area contributed by atoms with E-state index in [0.717, 1.165) is 37.5 Å². The number of carbonyl (C=O) groups is 2. The summed E-state index contributed by atoms with van der Waals surface area (Å²) in [5, 5.41) is 7.28. The van der Waals surface area contributed by atoms with E-state index in [1.54, 1.807) is 0 Å². The van der Waals surface area contributed by atoms with Gasteiger partial charge in [0.2, 0.25) is 0 Å². The van der Waals surface area contributed by atoms with Crippen LogP contribution in [0.5, 0.6) is 0 Å². The summed E-state index contributed by atoms with van der Waals surface area (Å²) >= 11 is 4.80. The maximum absolute atomic E-state index is 12.9. The second kappa shape index (κ2) is 9.81. The Morgan fingerprint density at radius 1 is 1.04 bits per heavy atom. The Balaban J connectivity index is 1.58. The van der Waals surface area contributed by atoms with Gasteiger partial charge in [0.1, 0.15) is 11.5 Å². The third-order valence-electron chi connectivity index (χ3n) is 6.76. The van der Waals surface area contributed by atoms with E-state index in [-0.39, 0.29) is 35.0 Å². The zero-order chi connectivity index (χ0) is 20.1. The summed E-state index contributed by atoms with van der Waals surface area (Å²) in [6.45, 7) is 2.14. The zero-order valence-electron chi connectivity index (χ0n) is 16.9. The van der Waals surface area contributed by atoms with Crippen molar-refractivity contribution in [1.29, 1.82) is 0 Å². The second-order valence-electron chi connectivity index (χ2n) is 8.99. The number of nitrogens with zero attached hydrogens (tertiary/aromatic N) is 1. The van der Waals surface area contributed by atoms with E-state index in [9.17, 15) is 9.59 Å². The average molecular weight is 407 g/mol. The predicted molar refractivity (Wildman–Crippen MR) is 115 cm³/mol. The molecule has 156 valence electrons. The minimum Gasteiger partial charge on any atom is -0.375 e. The molecule has 7 heteroatoms. The van der Waals surface area contributed by atoms with Crippen molar-refractivity contribution in [1.82, 2.24) is 10.7 Å². The average Bonchev–Trinajstić information content (AvgIpc) is 2.64. The number of ketones is 1. The number of Topliss-reactive ketones (excluding diaryl/α,β-unsaturated/α-hetero) is 1. The fourth-order valence-corrected chi connectivity index (χ4v) is 5.76. The molecule has 0 aliphatic heterocycles. The molecule has 4 bridgehead atoms. The summed E-state index contributed by atoms with van der Waals surface area (Å²) in [5.74, 6) is 2.65. The Morgan fingerprint density at radius 2 is 1.68 bits per heavy atom. The van der Waals surface area contributed by atoms with E-state index >= 15 is 0 Å². The summed E-state index contributed by atoms with van der Waals surface area (Å²) in [6.07, 6.45) is 11.0. The maximum Gasteiger partial charge on any atom is 0.268 e. The number of nitrogens with one attached hydrogen (secondary N) is 2. The lowest BCUT2D eigenvalue weighted by Gasteiger charge is -2.54. The van der Waals surface area contributed by atoms with Crippen molar-refractivity contribution < 1.29 is 9.59 Å². The molecule has 0 heterocycles. The Bertz CT molecular complexity index is 606. The van der Waals surface area contributed by atoms with Crippen LogP contribution in [-0.4, -0.2) is 28.6 Å². The van der Waals surface area contributed by atoms with E-state index in [2.05, 4.69) is 22.8 Å². The summed E-state index contributed by atoms with van der Waals surface area (Å²) < 4.78 is 0. The Labute approximate surface area is 173 Å². The van der Waals surface area contributed by atoms with E-state index in [1.165, 1.54) is 32.1 Å². The number of nitrogens with two attached hydrogens (primary N) is 1. The first-order chi connectivity index (χ1) is 13.5. The highest BCUT2D eigenvalue weighted by Crippen LogP contribution is 2.53. The maximum atomic E-state index is 12.9. The van der Waals surface area contributed by atoms with Crippen LogP contribution in [-0.2, 0) is 9.59 Å². The van der Waals surface area contributed by atoms with E-state index in [4.69, 9.17) is 18.0 Å². The first-order valence-electron chi connectivity index (χ1n) is 10.9.